The molecule has 0 amide bonds. The Morgan fingerprint density at radius 3 is 1.30 bits per heavy atom. The van der Waals surface area contributed by atoms with Crippen LogP contribution < -0.4 is 51.4 Å². The van der Waals surface area contributed by atoms with Crippen molar-refractivity contribution in [2.24, 2.45) is 0 Å². The third-order valence-electron chi connectivity index (χ3n) is 7.85. The maximum Gasteiger partial charge on any atom is 1.00 e. The van der Waals surface area contributed by atoms with E-state index in [1.165, 1.54) is 128 Å². The number of rotatable bonds is 27. The van der Waals surface area contributed by atoms with Crippen LogP contribution in [-0.4, -0.2) is 43.4 Å². The number of hydrogen-bond donors (Lipinski definition) is 0. The molecule has 0 heterocycles. The normalized spacial score (nSPS) is 12.0. The fraction of sp³-hybridized carbons (Fsp3) is 0.765. The molecule has 1 atom stereocenters. The van der Waals surface area contributed by atoms with Gasteiger partial charge < -0.3 is 14.0 Å². The van der Waals surface area contributed by atoms with Crippen LogP contribution in [0.2, 0.25) is 0 Å². The van der Waals surface area contributed by atoms with E-state index in [4.69, 9.17) is 9.47 Å². The van der Waals surface area contributed by atoms with Crippen molar-refractivity contribution in [3.8, 4) is 0 Å². The number of carbonyl (C=O) groups excluding carboxylic acids is 2. The van der Waals surface area contributed by atoms with E-state index in [1.807, 2.05) is 0 Å². The van der Waals surface area contributed by atoms with Crippen molar-refractivity contribution >= 4 is 22.1 Å². The summed E-state index contributed by atoms with van der Waals surface area (Å²) in [7, 11) is -4.44. The van der Waals surface area contributed by atoms with Crippen LogP contribution in [-0.2, 0) is 19.6 Å². The van der Waals surface area contributed by atoms with Gasteiger partial charge in [-0.2, -0.15) is 0 Å². The molecule has 1 aromatic carbocycles. The van der Waals surface area contributed by atoms with Crippen molar-refractivity contribution < 1.29 is 83.4 Å². The van der Waals surface area contributed by atoms with E-state index in [-0.39, 0.29) is 75.5 Å². The van der Waals surface area contributed by atoms with Gasteiger partial charge in [0, 0.05) is 5.25 Å². The molecule has 0 aliphatic heterocycles. The van der Waals surface area contributed by atoms with Gasteiger partial charge in [0.25, 0.3) is 0 Å². The number of benzene rings is 1. The molecule has 1 aromatic rings. The van der Waals surface area contributed by atoms with Gasteiger partial charge >= 0.3 is 63.3 Å². The molecule has 0 fully saturated rings. The summed E-state index contributed by atoms with van der Waals surface area (Å²) in [5.74, 6) is -1.34. The molecule has 1 rings (SSSR count). The predicted molar refractivity (Wildman–Crippen MR) is 169 cm³/mol. The van der Waals surface area contributed by atoms with Crippen LogP contribution in [0.4, 0.5) is 0 Å². The molecule has 0 bridgehead atoms. The van der Waals surface area contributed by atoms with Crippen molar-refractivity contribution in [1.82, 2.24) is 0 Å². The summed E-state index contributed by atoms with van der Waals surface area (Å²) >= 11 is 0. The van der Waals surface area contributed by atoms with Crippen LogP contribution in [0.1, 0.15) is 169 Å². The Kier molecular flexibility index (Phi) is 27.8. The first-order valence-electron chi connectivity index (χ1n) is 16.6. The second-order valence-electron chi connectivity index (χ2n) is 11.6. The zero-order valence-electron chi connectivity index (χ0n) is 27.4. The molecule has 0 saturated heterocycles. The van der Waals surface area contributed by atoms with Gasteiger partial charge in [-0.1, -0.05) is 141 Å². The number of unbranched alkanes of at least 4 members (excludes halogenated alkanes) is 19. The number of ether oxygens (including phenoxy) is 2. The first kappa shape index (κ1) is 42.7. The molecule has 7 nitrogen and oxygen atoms in total. The van der Waals surface area contributed by atoms with Gasteiger partial charge in [0.15, 0.2) is 0 Å². The molecule has 0 aliphatic carbocycles. The molecule has 0 aromatic heterocycles. The van der Waals surface area contributed by atoms with Gasteiger partial charge in [-0.3, -0.25) is 0 Å². The van der Waals surface area contributed by atoms with Crippen LogP contribution in [0.5, 0.6) is 0 Å². The molecule has 0 N–H and O–H groups in total. The van der Waals surface area contributed by atoms with Crippen molar-refractivity contribution in [3.63, 3.8) is 0 Å². The quantitative estimate of drug-likeness (QED) is 0.0487. The second-order valence-corrected chi connectivity index (χ2v) is 13.4. The number of carbonyl (C=O) groups is 2. The molecule has 9 heteroatoms. The molecule has 43 heavy (non-hydrogen) atoms. The topological polar surface area (TPSA) is 110 Å². The molecule has 1 unspecified atom stereocenters. The van der Waals surface area contributed by atoms with Gasteiger partial charge in [0.2, 0.25) is 0 Å². The first-order chi connectivity index (χ1) is 20.3. The van der Waals surface area contributed by atoms with E-state index in [2.05, 4.69) is 6.92 Å². The van der Waals surface area contributed by atoms with E-state index < -0.39 is 27.3 Å². The molecule has 0 spiro atoms. The monoisotopic (exact) mass is 648 g/mol. The van der Waals surface area contributed by atoms with E-state index >= 15 is 0 Å². The average molecular weight is 649 g/mol. The minimum atomic E-state index is -4.44. The summed E-state index contributed by atoms with van der Waals surface area (Å²) < 4.78 is 43.4. The van der Waals surface area contributed by atoms with Crippen LogP contribution in [0.3, 0.4) is 0 Å². The van der Waals surface area contributed by atoms with Crippen LogP contribution in [0.15, 0.2) is 24.3 Å². The molecular formula is C34H57KO7S. The summed E-state index contributed by atoms with van der Waals surface area (Å²) in [5.41, 5.74) is 0.170. The standard InChI is InChI=1S/C34H58O7S.K/c1-3-4-5-6-7-8-9-10-11-12-13-14-15-16-17-18-19-20-21-24-28-40-33(35)31-25-22-23-26-32(31)34(36)41-29-27-30(2)42(37,38)39;/h22-23,25-26,30H,3-21,24,27-29H2,1-2H3,(H,37,38,39);/q;+1/p-1. The Bertz CT molecular complexity index is 952. The summed E-state index contributed by atoms with van der Waals surface area (Å²) in [6.45, 7) is 3.60. The van der Waals surface area contributed by atoms with Gasteiger partial charge in [-0.25, -0.2) is 18.0 Å². The average Bonchev–Trinajstić information content (AvgIpc) is 2.97. The zero-order chi connectivity index (χ0) is 30.9. The molecule has 0 radical (unpaired) electrons. The largest absolute Gasteiger partial charge is 1.00 e. The zero-order valence-corrected chi connectivity index (χ0v) is 31.4. The smallest absolute Gasteiger partial charge is 0.748 e. The van der Waals surface area contributed by atoms with Crippen molar-refractivity contribution in [2.75, 3.05) is 13.2 Å². The Balaban J connectivity index is 0.0000176. The Labute approximate surface area is 305 Å². The number of hydrogen-bond acceptors (Lipinski definition) is 7. The SMILES string of the molecule is CCCCCCCCCCCCCCCCCCCCCCOC(=O)c1ccccc1C(=O)OCCC(C)S(=O)(=O)[O-].[K+]. The van der Waals surface area contributed by atoms with Crippen LogP contribution in [0.25, 0.3) is 0 Å². The third kappa shape index (κ3) is 22.8. The van der Waals surface area contributed by atoms with E-state index in [9.17, 15) is 22.6 Å². The molecular weight excluding hydrogens is 592 g/mol. The maximum absolute atomic E-state index is 12.5. The van der Waals surface area contributed by atoms with Gasteiger partial charge in [0.05, 0.1) is 34.5 Å². The predicted octanol–water partition coefficient (Wildman–Crippen LogP) is 6.15. The Hall–Kier alpha value is -0.294. The molecule has 0 aliphatic rings. The summed E-state index contributed by atoms with van der Waals surface area (Å²) in [4.78, 5) is 24.9. The Morgan fingerprint density at radius 2 is 0.953 bits per heavy atom. The molecule has 242 valence electrons. The van der Waals surface area contributed by atoms with Crippen molar-refractivity contribution in [3.05, 3.63) is 35.4 Å². The fourth-order valence-corrected chi connectivity index (χ4v) is 5.36. The van der Waals surface area contributed by atoms with Crippen molar-refractivity contribution in [1.29, 1.82) is 0 Å². The minimum Gasteiger partial charge on any atom is -0.748 e. The maximum atomic E-state index is 12.5. The summed E-state index contributed by atoms with van der Waals surface area (Å²) in [5, 5.41) is -1.16. The minimum absolute atomic E-state index is 0. The van der Waals surface area contributed by atoms with Crippen molar-refractivity contribution in [2.45, 2.75) is 154 Å². The van der Waals surface area contributed by atoms with Gasteiger partial charge in [0.1, 0.15) is 0 Å². The third-order valence-corrected chi connectivity index (χ3v) is 9.07. The van der Waals surface area contributed by atoms with Crippen LogP contribution >= 0.6 is 0 Å². The Morgan fingerprint density at radius 1 is 0.628 bits per heavy atom. The van der Waals surface area contributed by atoms with Gasteiger partial charge in [-0.05, 0) is 31.9 Å². The van der Waals surface area contributed by atoms with Crippen LogP contribution in [0, 0.1) is 0 Å². The summed E-state index contributed by atoms with van der Waals surface area (Å²) in [6.07, 6.45) is 26.0. The first-order valence-corrected chi connectivity index (χ1v) is 18.1. The fourth-order valence-electron chi connectivity index (χ4n) is 4.98. The second kappa shape index (κ2) is 28.0. The van der Waals surface area contributed by atoms with Gasteiger partial charge in [-0.15, -0.1) is 0 Å². The number of esters is 2. The molecule has 0 saturated carbocycles. The van der Waals surface area contributed by atoms with E-state index in [1.54, 1.807) is 12.1 Å². The summed E-state index contributed by atoms with van der Waals surface area (Å²) in [6, 6.07) is 6.21. The van der Waals surface area contributed by atoms with E-state index in [0.717, 1.165) is 19.3 Å². The van der Waals surface area contributed by atoms with E-state index in [0.29, 0.717) is 6.61 Å².